The van der Waals surface area contributed by atoms with Crippen LogP contribution in [0.4, 0.5) is 0 Å². The number of hydrogen-bond donors (Lipinski definition) is 1. The van der Waals surface area contributed by atoms with Gasteiger partial charge in [0.1, 0.15) is 0 Å². The molecule has 0 aliphatic rings. The Morgan fingerprint density at radius 3 is 2.92 bits per heavy atom. The van der Waals surface area contributed by atoms with Gasteiger partial charge in [0, 0.05) is 17.3 Å². The van der Waals surface area contributed by atoms with Gasteiger partial charge in [-0.15, -0.1) is 11.3 Å². The Hall–Kier alpha value is -0.830. The summed E-state index contributed by atoms with van der Waals surface area (Å²) in [5, 5.41) is 4.91. The van der Waals surface area contributed by atoms with Crippen LogP contribution in [-0.4, -0.2) is 11.9 Å². The Morgan fingerprint density at radius 1 is 1.62 bits per heavy atom. The zero-order valence-corrected chi connectivity index (χ0v) is 8.86. The quantitative estimate of drug-likeness (QED) is 0.787. The van der Waals surface area contributed by atoms with Gasteiger partial charge in [0.2, 0.25) is 5.91 Å². The highest BCUT2D eigenvalue weighted by Crippen LogP contribution is 2.10. The highest BCUT2D eigenvalue weighted by atomic mass is 32.1. The van der Waals surface area contributed by atoms with Crippen molar-refractivity contribution in [1.82, 2.24) is 5.32 Å². The van der Waals surface area contributed by atoms with Gasteiger partial charge >= 0.3 is 0 Å². The highest BCUT2D eigenvalue weighted by molar-refractivity contribution is 7.09. The summed E-state index contributed by atoms with van der Waals surface area (Å²) >= 11 is 1.70. The second-order valence-electron chi connectivity index (χ2n) is 3.30. The number of amides is 1. The zero-order valence-electron chi connectivity index (χ0n) is 8.04. The summed E-state index contributed by atoms with van der Waals surface area (Å²) in [6.45, 7) is 3.95. The fourth-order valence-electron chi connectivity index (χ4n) is 1.09. The monoisotopic (exact) mass is 197 g/mol. The first-order valence-corrected chi connectivity index (χ1v) is 5.38. The van der Waals surface area contributed by atoms with Gasteiger partial charge in [0.25, 0.3) is 0 Å². The molecule has 13 heavy (non-hydrogen) atoms. The molecule has 0 aromatic carbocycles. The third-order valence-corrected chi connectivity index (χ3v) is 2.56. The van der Waals surface area contributed by atoms with E-state index in [2.05, 4.69) is 11.4 Å². The largest absolute Gasteiger partial charge is 0.354 e. The second-order valence-corrected chi connectivity index (χ2v) is 4.33. The van der Waals surface area contributed by atoms with Crippen molar-refractivity contribution >= 4 is 17.2 Å². The molecule has 3 heteroatoms. The molecule has 0 spiro atoms. The average Bonchev–Trinajstić information content (AvgIpc) is 2.51. The van der Waals surface area contributed by atoms with Gasteiger partial charge in [-0.2, -0.15) is 0 Å². The van der Waals surface area contributed by atoms with E-state index in [9.17, 15) is 4.79 Å². The third kappa shape index (κ3) is 4.08. The smallest absolute Gasteiger partial charge is 0.220 e. The number of carbonyl (C=O) groups excluding carboxylic acids is 1. The summed E-state index contributed by atoms with van der Waals surface area (Å²) < 4.78 is 0. The third-order valence-electron chi connectivity index (χ3n) is 1.63. The Balaban J connectivity index is 2.23. The first-order chi connectivity index (χ1) is 6.18. The minimum atomic E-state index is 0.142. The lowest BCUT2D eigenvalue weighted by Gasteiger charge is -2.06. The van der Waals surface area contributed by atoms with E-state index in [1.165, 1.54) is 4.88 Å². The van der Waals surface area contributed by atoms with Crippen molar-refractivity contribution < 1.29 is 4.79 Å². The van der Waals surface area contributed by atoms with Crippen molar-refractivity contribution in [3.63, 3.8) is 0 Å². The number of nitrogens with one attached hydrogen (secondary N) is 1. The number of rotatable bonds is 4. The molecule has 1 aromatic rings. The number of aryl methyl sites for hydroxylation is 1. The fraction of sp³-hybridized carbons (Fsp3) is 0.500. The molecule has 2 nitrogen and oxygen atoms in total. The van der Waals surface area contributed by atoms with Crippen LogP contribution in [0.1, 0.15) is 25.1 Å². The first-order valence-electron chi connectivity index (χ1n) is 4.50. The molecule has 1 aromatic heterocycles. The maximum atomic E-state index is 11.2. The number of hydrogen-bond acceptors (Lipinski definition) is 2. The Kier molecular flexibility index (Phi) is 3.96. The van der Waals surface area contributed by atoms with Crippen LogP contribution in [0, 0.1) is 0 Å². The summed E-state index contributed by atoms with van der Waals surface area (Å²) in [6, 6.07) is 4.32. The van der Waals surface area contributed by atoms with E-state index in [0.29, 0.717) is 6.42 Å². The van der Waals surface area contributed by atoms with Crippen molar-refractivity contribution in [3.05, 3.63) is 22.4 Å². The van der Waals surface area contributed by atoms with E-state index in [4.69, 9.17) is 0 Å². The van der Waals surface area contributed by atoms with E-state index < -0.39 is 0 Å². The standard InChI is InChI=1S/C10H15NOS/c1-8(2)11-10(12)6-5-9-4-3-7-13-9/h3-4,7-8H,5-6H2,1-2H3,(H,11,12). The van der Waals surface area contributed by atoms with Gasteiger partial charge < -0.3 is 5.32 Å². The Morgan fingerprint density at radius 2 is 2.38 bits per heavy atom. The fourth-order valence-corrected chi connectivity index (χ4v) is 1.79. The normalized spacial score (nSPS) is 10.4. The van der Waals surface area contributed by atoms with Crippen molar-refractivity contribution in [2.75, 3.05) is 0 Å². The predicted octanol–water partition coefficient (Wildman–Crippen LogP) is 2.21. The van der Waals surface area contributed by atoms with Crippen molar-refractivity contribution in [1.29, 1.82) is 0 Å². The summed E-state index contributed by atoms with van der Waals surface area (Å²) in [5.41, 5.74) is 0. The van der Waals surface area contributed by atoms with Crippen LogP contribution in [0.3, 0.4) is 0 Å². The molecule has 1 rings (SSSR count). The van der Waals surface area contributed by atoms with Gasteiger partial charge in [-0.05, 0) is 31.7 Å². The molecule has 72 valence electrons. The average molecular weight is 197 g/mol. The van der Waals surface area contributed by atoms with Crippen LogP contribution in [0.25, 0.3) is 0 Å². The van der Waals surface area contributed by atoms with Gasteiger partial charge in [-0.25, -0.2) is 0 Å². The molecular formula is C10H15NOS. The molecule has 1 heterocycles. The molecule has 0 aliphatic carbocycles. The molecule has 1 amide bonds. The topological polar surface area (TPSA) is 29.1 Å². The molecule has 0 radical (unpaired) electrons. The number of carbonyl (C=O) groups is 1. The lowest BCUT2D eigenvalue weighted by molar-refractivity contribution is -0.121. The van der Waals surface area contributed by atoms with Crippen LogP contribution in [0.2, 0.25) is 0 Å². The van der Waals surface area contributed by atoms with E-state index >= 15 is 0 Å². The van der Waals surface area contributed by atoms with Crippen molar-refractivity contribution in [3.8, 4) is 0 Å². The SMILES string of the molecule is CC(C)NC(=O)CCc1cccs1. The molecule has 0 aliphatic heterocycles. The molecule has 0 saturated heterocycles. The minimum absolute atomic E-state index is 0.142. The second kappa shape index (κ2) is 5.02. The van der Waals surface area contributed by atoms with Crippen molar-refractivity contribution in [2.24, 2.45) is 0 Å². The summed E-state index contributed by atoms with van der Waals surface area (Å²) in [7, 11) is 0. The Bertz CT molecular complexity index is 254. The van der Waals surface area contributed by atoms with Crippen LogP contribution < -0.4 is 5.32 Å². The molecule has 0 unspecified atom stereocenters. The predicted molar refractivity (Wildman–Crippen MR) is 55.9 cm³/mol. The van der Waals surface area contributed by atoms with E-state index in [1.54, 1.807) is 11.3 Å². The molecule has 0 fully saturated rings. The van der Waals surface area contributed by atoms with Crippen LogP contribution >= 0.6 is 11.3 Å². The summed E-state index contributed by atoms with van der Waals surface area (Å²) in [4.78, 5) is 12.5. The lowest BCUT2D eigenvalue weighted by Crippen LogP contribution is -2.30. The Labute approximate surface area is 83.0 Å². The van der Waals surface area contributed by atoms with E-state index in [0.717, 1.165) is 6.42 Å². The summed E-state index contributed by atoms with van der Waals surface area (Å²) in [5.74, 6) is 0.142. The maximum Gasteiger partial charge on any atom is 0.220 e. The van der Waals surface area contributed by atoms with Crippen LogP contribution in [0.15, 0.2) is 17.5 Å². The van der Waals surface area contributed by atoms with Gasteiger partial charge in [-0.3, -0.25) is 4.79 Å². The van der Waals surface area contributed by atoms with E-state index in [-0.39, 0.29) is 11.9 Å². The summed E-state index contributed by atoms with van der Waals surface area (Å²) in [6.07, 6.45) is 1.45. The molecular weight excluding hydrogens is 182 g/mol. The molecule has 1 N–H and O–H groups in total. The first kappa shape index (κ1) is 10.3. The minimum Gasteiger partial charge on any atom is -0.354 e. The molecule has 0 bridgehead atoms. The van der Waals surface area contributed by atoms with Crippen molar-refractivity contribution in [2.45, 2.75) is 32.7 Å². The van der Waals surface area contributed by atoms with Crippen LogP contribution in [-0.2, 0) is 11.2 Å². The molecule has 0 atom stereocenters. The maximum absolute atomic E-state index is 11.2. The molecule has 0 saturated carbocycles. The lowest BCUT2D eigenvalue weighted by atomic mass is 10.2. The van der Waals surface area contributed by atoms with Gasteiger partial charge in [0.05, 0.1) is 0 Å². The van der Waals surface area contributed by atoms with Gasteiger partial charge in [0.15, 0.2) is 0 Å². The van der Waals surface area contributed by atoms with Gasteiger partial charge in [-0.1, -0.05) is 6.07 Å². The zero-order chi connectivity index (χ0) is 9.68. The van der Waals surface area contributed by atoms with Crippen LogP contribution in [0.5, 0.6) is 0 Å². The number of thiophene rings is 1. The van der Waals surface area contributed by atoms with E-state index in [1.807, 2.05) is 25.3 Å². The highest BCUT2D eigenvalue weighted by Gasteiger charge is 2.03.